The van der Waals surface area contributed by atoms with Gasteiger partial charge in [-0.05, 0) is 25.0 Å². The third-order valence-corrected chi connectivity index (χ3v) is 4.17. The van der Waals surface area contributed by atoms with Gasteiger partial charge in [-0.3, -0.25) is 4.99 Å². The van der Waals surface area contributed by atoms with E-state index in [0.717, 1.165) is 75.0 Å². The molecule has 1 unspecified atom stereocenters. The van der Waals surface area contributed by atoms with Gasteiger partial charge in [-0.15, -0.1) is 24.0 Å². The van der Waals surface area contributed by atoms with Crippen molar-refractivity contribution in [2.24, 2.45) is 4.99 Å². The van der Waals surface area contributed by atoms with Crippen molar-refractivity contribution >= 4 is 41.0 Å². The Morgan fingerprint density at radius 1 is 1.35 bits per heavy atom. The van der Waals surface area contributed by atoms with Crippen LogP contribution >= 0.6 is 24.0 Å². The summed E-state index contributed by atoms with van der Waals surface area (Å²) in [6, 6.07) is 8.07. The summed E-state index contributed by atoms with van der Waals surface area (Å²) in [5.74, 6) is 1.79. The number of aliphatic imine (C=N–C) groups is 1. The van der Waals surface area contributed by atoms with Crippen LogP contribution in [0.1, 0.15) is 18.7 Å². The second-order valence-corrected chi connectivity index (χ2v) is 6.09. The SMILES string of the molecule is CN=C(NCCCOC1CCOC1)NCCc1nc2ccccc2[nH]1.I. The largest absolute Gasteiger partial charge is 0.379 e. The van der Waals surface area contributed by atoms with Crippen molar-refractivity contribution < 1.29 is 9.47 Å². The molecule has 8 heteroatoms. The second kappa shape index (κ2) is 11.3. The maximum atomic E-state index is 5.75. The summed E-state index contributed by atoms with van der Waals surface area (Å²) in [6.45, 7) is 3.91. The fraction of sp³-hybridized carbons (Fsp3) is 0.556. The minimum Gasteiger partial charge on any atom is -0.379 e. The number of hydrogen-bond donors (Lipinski definition) is 3. The van der Waals surface area contributed by atoms with Crippen LogP contribution in [0.5, 0.6) is 0 Å². The lowest BCUT2D eigenvalue weighted by Gasteiger charge is -2.12. The molecule has 0 spiro atoms. The molecule has 1 fully saturated rings. The molecule has 0 amide bonds. The highest BCUT2D eigenvalue weighted by Crippen LogP contribution is 2.10. The lowest BCUT2D eigenvalue weighted by molar-refractivity contribution is 0.0420. The number of para-hydroxylation sites is 2. The molecule has 0 saturated carbocycles. The van der Waals surface area contributed by atoms with Gasteiger partial charge >= 0.3 is 0 Å². The molecule has 2 aromatic rings. The Balaban J connectivity index is 0.00000243. The molecule has 0 radical (unpaired) electrons. The third kappa shape index (κ3) is 6.40. The predicted molar refractivity (Wildman–Crippen MR) is 114 cm³/mol. The monoisotopic (exact) mass is 473 g/mol. The molecular formula is C18H28IN5O2. The van der Waals surface area contributed by atoms with E-state index in [-0.39, 0.29) is 30.1 Å². The quantitative estimate of drug-likeness (QED) is 0.237. The first-order valence-corrected chi connectivity index (χ1v) is 8.92. The number of H-pyrrole nitrogens is 1. The van der Waals surface area contributed by atoms with Crippen molar-refractivity contribution in [3.05, 3.63) is 30.1 Å². The number of nitrogens with one attached hydrogen (secondary N) is 3. The molecule has 1 aromatic carbocycles. The van der Waals surface area contributed by atoms with E-state index in [9.17, 15) is 0 Å². The molecule has 26 heavy (non-hydrogen) atoms. The minimum atomic E-state index is 0. The Kier molecular flexibility index (Phi) is 9.13. The van der Waals surface area contributed by atoms with Crippen molar-refractivity contribution in [2.75, 3.05) is 40.0 Å². The van der Waals surface area contributed by atoms with E-state index in [1.807, 2.05) is 24.3 Å². The van der Waals surface area contributed by atoms with Gasteiger partial charge in [-0.25, -0.2) is 4.98 Å². The van der Waals surface area contributed by atoms with E-state index in [2.05, 4.69) is 25.6 Å². The molecule has 1 aliphatic heterocycles. The van der Waals surface area contributed by atoms with Gasteiger partial charge in [-0.1, -0.05) is 12.1 Å². The average Bonchev–Trinajstić information content (AvgIpc) is 3.28. The van der Waals surface area contributed by atoms with Gasteiger partial charge in [-0.2, -0.15) is 0 Å². The molecule has 7 nitrogen and oxygen atoms in total. The number of halogens is 1. The van der Waals surface area contributed by atoms with Crippen molar-refractivity contribution in [1.82, 2.24) is 20.6 Å². The van der Waals surface area contributed by atoms with Gasteiger partial charge in [0.25, 0.3) is 0 Å². The summed E-state index contributed by atoms with van der Waals surface area (Å²) < 4.78 is 11.0. The lowest BCUT2D eigenvalue weighted by atomic mass is 10.3. The predicted octanol–water partition coefficient (Wildman–Crippen LogP) is 2.08. The maximum Gasteiger partial charge on any atom is 0.190 e. The number of aromatic nitrogens is 2. The van der Waals surface area contributed by atoms with Crippen molar-refractivity contribution in [3.8, 4) is 0 Å². The lowest BCUT2D eigenvalue weighted by Crippen LogP contribution is -2.39. The number of hydrogen-bond acceptors (Lipinski definition) is 4. The van der Waals surface area contributed by atoms with E-state index >= 15 is 0 Å². The van der Waals surface area contributed by atoms with Crippen LogP contribution in [0.2, 0.25) is 0 Å². The van der Waals surface area contributed by atoms with Crippen LogP contribution in [0.3, 0.4) is 0 Å². The van der Waals surface area contributed by atoms with Crippen LogP contribution in [-0.2, 0) is 15.9 Å². The van der Waals surface area contributed by atoms with Gasteiger partial charge in [0.15, 0.2) is 5.96 Å². The zero-order chi connectivity index (χ0) is 17.3. The number of fused-ring (bicyclic) bond motifs is 1. The molecule has 3 rings (SSSR count). The third-order valence-electron chi connectivity index (χ3n) is 4.17. The van der Waals surface area contributed by atoms with Crippen LogP contribution in [-0.4, -0.2) is 62.0 Å². The van der Waals surface area contributed by atoms with E-state index < -0.39 is 0 Å². The highest BCUT2D eigenvalue weighted by atomic mass is 127. The number of aromatic amines is 1. The van der Waals surface area contributed by atoms with Crippen molar-refractivity contribution in [1.29, 1.82) is 0 Å². The molecular weight excluding hydrogens is 445 g/mol. The normalized spacial score (nSPS) is 17.3. The van der Waals surface area contributed by atoms with Crippen LogP contribution in [0, 0.1) is 0 Å². The topological polar surface area (TPSA) is 83.6 Å². The Morgan fingerprint density at radius 2 is 2.19 bits per heavy atom. The first-order chi connectivity index (χ1) is 12.3. The van der Waals surface area contributed by atoms with E-state index in [0.29, 0.717) is 0 Å². The standard InChI is InChI=1S/C18H27N5O2.HI/c1-19-18(20-9-4-11-25-14-8-12-24-13-14)21-10-7-17-22-15-5-2-3-6-16(15)23-17;/h2-3,5-6,14H,4,7-13H2,1H3,(H,22,23)(H2,19,20,21);1H. The number of nitrogens with zero attached hydrogens (tertiary/aromatic N) is 2. The molecule has 1 aromatic heterocycles. The molecule has 0 aliphatic carbocycles. The summed E-state index contributed by atoms with van der Waals surface area (Å²) in [6.07, 6.45) is 3.06. The van der Waals surface area contributed by atoms with Gasteiger partial charge in [0.1, 0.15) is 5.82 Å². The highest BCUT2D eigenvalue weighted by molar-refractivity contribution is 14.0. The maximum absolute atomic E-state index is 5.75. The Bertz CT molecular complexity index is 652. The first-order valence-electron chi connectivity index (χ1n) is 8.92. The minimum absolute atomic E-state index is 0. The first kappa shape index (κ1) is 20.9. The molecule has 1 aliphatic rings. The van der Waals surface area contributed by atoms with Crippen LogP contribution in [0.15, 0.2) is 29.3 Å². The van der Waals surface area contributed by atoms with Gasteiger partial charge in [0.2, 0.25) is 0 Å². The second-order valence-electron chi connectivity index (χ2n) is 6.09. The van der Waals surface area contributed by atoms with E-state index in [1.165, 1.54) is 0 Å². The molecule has 0 bridgehead atoms. The number of rotatable bonds is 8. The number of imidazole rings is 1. The molecule has 1 saturated heterocycles. The molecule has 3 N–H and O–H groups in total. The smallest absolute Gasteiger partial charge is 0.190 e. The zero-order valence-electron chi connectivity index (χ0n) is 15.2. The summed E-state index contributed by atoms with van der Waals surface area (Å²) >= 11 is 0. The fourth-order valence-electron chi connectivity index (χ4n) is 2.82. The Hall–Kier alpha value is -1.39. The summed E-state index contributed by atoms with van der Waals surface area (Å²) in [4.78, 5) is 12.2. The van der Waals surface area contributed by atoms with Crippen LogP contribution < -0.4 is 10.6 Å². The van der Waals surface area contributed by atoms with E-state index in [1.54, 1.807) is 7.05 Å². The summed E-state index contributed by atoms with van der Waals surface area (Å²) in [5.41, 5.74) is 2.08. The zero-order valence-corrected chi connectivity index (χ0v) is 17.5. The Morgan fingerprint density at radius 3 is 2.96 bits per heavy atom. The van der Waals surface area contributed by atoms with Crippen LogP contribution in [0.25, 0.3) is 11.0 Å². The van der Waals surface area contributed by atoms with Gasteiger partial charge < -0.3 is 25.1 Å². The molecule has 144 valence electrons. The number of ether oxygens (including phenoxy) is 2. The van der Waals surface area contributed by atoms with Crippen molar-refractivity contribution in [2.45, 2.75) is 25.4 Å². The van der Waals surface area contributed by atoms with Gasteiger partial charge in [0, 0.05) is 39.8 Å². The molecule has 2 heterocycles. The van der Waals surface area contributed by atoms with Gasteiger partial charge in [0.05, 0.1) is 23.7 Å². The summed E-state index contributed by atoms with van der Waals surface area (Å²) in [5, 5.41) is 6.62. The highest BCUT2D eigenvalue weighted by Gasteiger charge is 2.15. The van der Waals surface area contributed by atoms with Crippen molar-refractivity contribution in [3.63, 3.8) is 0 Å². The summed E-state index contributed by atoms with van der Waals surface area (Å²) in [7, 11) is 1.78. The van der Waals surface area contributed by atoms with E-state index in [4.69, 9.17) is 9.47 Å². The number of benzene rings is 1. The molecule has 1 atom stereocenters. The fourth-order valence-corrected chi connectivity index (χ4v) is 2.82. The average molecular weight is 473 g/mol. The number of guanidine groups is 1. The van der Waals surface area contributed by atoms with Crippen LogP contribution in [0.4, 0.5) is 0 Å². The Labute approximate surface area is 171 Å².